The lowest BCUT2D eigenvalue weighted by molar-refractivity contribution is 0.409. The first kappa shape index (κ1) is 15.1. The number of hydrogen-bond donors (Lipinski definition) is 1. The van der Waals surface area contributed by atoms with Crippen molar-refractivity contribution in [3.05, 3.63) is 30.5 Å². The first-order valence-corrected chi connectivity index (χ1v) is 8.23. The molecule has 0 radical (unpaired) electrons. The number of nitrogens with two attached hydrogens (primary N) is 1. The lowest BCUT2D eigenvalue weighted by Gasteiger charge is -2.36. The Morgan fingerprint density at radius 3 is 2.82 bits per heavy atom. The predicted octanol–water partition coefficient (Wildman–Crippen LogP) is 3.34. The minimum atomic E-state index is 0.564. The normalized spacial score (nSPS) is 15.9. The summed E-state index contributed by atoms with van der Waals surface area (Å²) < 4.78 is 5.49. The monoisotopic (exact) mass is 299 g/mol. The summed E-state index contributed by atoms with van der Waals surface area (Å²) in [5, 5.41) is 1.12. The standard InChI is InChI=1S/C18H25N3O/c1-22-16-12-14-6-5-10-20-18(14)17(13-16)21(11-9-19)15-7-3-2-4-8-15/h5-6,10,12-13,15H,2-4,7-9,11,19H2,1H3. The minimum Gasteiger partial charge on any atom is -0.497 e. The van der Waals surface area contributed by atoms with E-state index in [1.54, 1.807) is 7.11 Å². The third-order valence-electron chi connectivity index (χ3n) is 4.59. The molecule has 0 aliphatic heterocycles. The zero-order valence-electron chi connectivity index (χ0n) is 13.3. The molecule has 4 heteroatoms. The van der Waals surface area contributed by atoms with Crippen molar-refractivity contribution in [1.82, 2.24) is 4.98 Å². The van der Waals surface area contributed by atoms with Crippen LogP contribution in [0.5, 0.6) is 5.75 Å². The second-order valence-corrected chi connectivity index (χ2v) is 6.00. The fourth-order valence-electron chi connectivity index (χ4n) is 3.51. The van der Waals surface area contributed by atoms with E-state index < -0.39 is 0 Å². The van der Waals surface area contributed by atoms with Crippen LogP contribution in [0, 0.1) is 0 Å². The summed E-state index contributed by atoms with van der Waals surface area (Å²) in [6.07, 6.45) is 8.31. The van der Waals surface area contributed by atoms with Gasteiger partial charge in [-0.1, -0.05) is 25.3 Å². The van der Waals surface area contributed by atoms with Gasteiger partial charge in [-0.05, 0) is 25.0 Å². The van der Waals surface area contributed by atoms with Gasteiger partial charge in [-0.15, -0.1) is 0 Å². The van der Waals surface area contributed by atoms with Crippen molar-refractivity contribution in [2.45, 2.75) is 38.1 Å². The summed E-state index contributed by atoms with van der Waals surface area (Å²) in [6.45, 7) is 1.52. The Labute approximate surface area is 132 Å². The molecule has 0 bridgehead atoms. The molecular formula is C18H25N3O. The number of anilines is 1. The highest BCUT2D eigenvalue weighted by Gasteiger charge is 2.23. The van der Waals surface area contributed by atoms with E-state index >= 15 is 0 Å². The van der Waals surface area contributed by atoms with E-state index in [1.165, 1.54) is 32.1 Å². The summed E-state index contributed by atoms with van der Waals surface area (Å²) in [5.74, 6) is 0.883. The molecule has 4 nitrogen and oxygen atoms in total. The molecule has 1 aromatic heterocycles. The molecule has 0 amide bonds. The molecule has 1 aliphatic carbocycles. The molecule has 1 heterocycles. The Kier molecular flexibility index (Phi) is 4.78. The summed E-state index contributed by atoms with van der Waals surface area (Å²) in [4.78, 5) is 7.07. The number of nitrogens with zero attached hydrogens (tertiary/aromatic N) is 2. The molecule has 1 aliphatic rings. The van der Waals surface area contributed by atoms with E-state index in [0.29, 0.717) is 12.6 Å². The minimum absolute atomic E-state index is 0.564. The fraction of sp³-hybridized carbons (Fsp3) is 0.500. The summed E-state index contributed by atoms with van der Waals surface area (Å²) in [5.41, 5.74) is 8.10. The van der Waals surface area contributed by atoms with E-state index in [2.05, 4.69) is 22.0 Å². The molecule has 1 fully saturated rings. The van der Waals surface area contributed by atoms with Gasteiger partial charge < -0.3 is 15.4 Å². The predicted molar refractivity (Wildman–Crippen MR) is 91.6 cm³/mol. The molecule has 0 spiro atoms. The third-order valence-corrected chi connectivity index (χ3v) is 4.59. The van der Waals surface area contributed by atoms with Gasteiger partial charge in [0.15, 0.2) is 0 Å². The molecule has 22 heavy (non-hydrogen) atoms. The Hall–Kier alpha value is -1.81. The SMILES string of the molecule is COc1cc(N(CCN)C2CCCCC2)c2ncccc2c1. The Bertz CT molecular complexity index is 623. The second kappa shape index (κ2) is 6.97. The quantitative estimate of drug-likeness (QED) is 0.920. The lowest BCUT2D eigenvalue weighted by atomic mass is 9.93. The van der Waals surface area contributed by atoms with Crippen molar-refractivity contribution in [2.24, 2.45) is 5.73 Å². The van der Waals surface area contributed by atoms with Gasteiger partial charge in [-0.25, -0.2) is 0 Å². The van der Waals surface area contributed by atoms with Crippen molar-refractivity contribution >= 4 is 16.6 Å². The maximum absolute atomic E-state index is 5.89. The lowest BCUT2D eigenvalue weighted by Crippen LogP contribution is -2.40. The summed E-state index contributed by atoms with van der Waals surface area (Å²) in [7, 11) is 1.72. The van der Waals surface area contributed by atoms with Crippen molar-refractivity contribution in [1.29, 1.82) is 0 Å². The maximum Gasteiger partial charge on any atom is 0.121 e. The van der Waals surface area contributed by atoms with E-state index in [-0.39, 0.29) is 0 Å². The molecule has 0 atom stereocenters. The molecule has 0 saturated heterocycles. The van der Waals surface area contributed by atoms with Gasteiger partial charge >= 0.3 is 0 Å². The van der Waals surface area contributed by atoms with E-state index in [1.807, 2.05) is 18.3 Å². The fourth-order valence-corrected chi connectivity index (χ4v) is 3.51. The number of methoxy groups -OCH3 is 1. The number of pyridine rings is 1. The number of benzene rings is 1. The third kappa shape index (κ3) is 3.02. The largest absolute Gasteiger partial charge is 0.497 e. The molecule has 1 saturated carbocycles. The average molecular weight is 299 g/mol. The van der Waals surface area contributed by atoms with Crippen LogP contribution >= 0.6 is 0 Å². The van der Waals surface area contributed by atoms with Crippen molar-refractivity contribution < 1.29 is 4.74 Å². The van der Waals surface area contributed by atoms with Gasteiger partial charge in [-0.3, -0.25) is 4.98 Å². The van der Waals surface area contributed by atoms with Gasteiger partial charge in [-0.2, -0.15) is 0 Å². The van der Waals surface area contributed by atoms with Crippen LogP contribution < -0.4 is 15.4 Å². The van der Waals surface area contributed by atoms with Gasteiger partial charge in [0.25, 0.3) is 0 Å². The highest BCUT2D eigenvalue weighted by molar-refractivity contribution is 5.92. The van der Waals surface area contributed by atoms with Gasteiger partial charge in [0.05, 0.1) is 18.3 Å². The van der Waals surface area contributed by atoms with Gasteiger partial charge in [0.2, 0.25) is 0 Å². The first-order valence-electron chi connectivity index (χ1n) is 8.23. The van der Waals surface area contributed by atoms with E-state index in [0.717, 1.165) is 28.9 Å². The number of fused-ring (bicyclic) bond motifs is 1. The smallest absolute Gasteiger partial charge is 0.121 e. The Morgan fingerprint density at radius 1 is 1.27 bits per heavy atom. The molecule has 3 rings (SSSR count). The van der Waals surface area contributed by atoms with Gasteiger partial charge in [0.1, 0.15) is 5.75 Å². The van der Waals surface area contributed by atoms with Crippen molar-refractivity contribution in [3.8, 4) is 5.75 Å². The Balaban J connectivity index is 2.07. The highest BCUT2D eigenvalue weighted by atomic mass is 16.5. The number of aromatic nitrogens is 1. The molecule has 2 aromatic rings. The van der Waals surface area contributed by atoms with Crippen LogP contribution in [0.1, 0.15) is 32.1 Å². The summed E-state index contributed by atoms with van der Waals surface area (Å²) in [6, 6.07) is 8.79. The topological polar surface area (TPSA) is 51.4 Å². The number of hydrogen-bond acceptors (Lipinski definition) is 4. The van der Waals surface area contributed by atoms with Crippen LogP contribution in [0.2, 0.25) is 0 Å². The number of ether oxygens (including phenoxy) is 1. The van der Waals surface area contributed by atoms with Crippen molar-refractivity contribution in [2.75, 3.05) is 25.1 Å². The van der Waals surface area contributed by atoms with E-state index in [4.69, 9.17) is 10.5 Å². The van der Waals surface area contributed by atoms with Crippen LogP contribution in [-0.2, 0) is 0 Å². The number of rotatable bonds is 5. The zero-order valence-corrected chi connectivity index (χ0v) is 13.3. The van der Waals surface area contributed by atoms with Gasteiger partial charge in [0, 0.05) is 36.8 Å². The molecule has 0 unspecified atom stereocenters. The molecule has 1 aromatic carbocycles. The van der Waals surface area contributed by atoms with Crippen LogP contribution in [0.25, 0.3) is 10.9 Å². The molecule has 2 N–H and O–H groups in total. The van der Waals surface area contributed by atoms with Crippen LogP contribution in [0.3, 0.4) is 0 Å². The van der Waals surface area contributed by atoms with Crippen LogP contribution in [0.4, 0.5) is 5.69 Å². The highest BCUT2D eigenvalue weighted by Crippen LogP contribution is 2.34. The van der Waals surface area contributed by atoms with Crippen LogP contribution in [0.15, 0.2) is 30.5 Å². The maximum atomic E-state index is 5.89. The van der Waals surface area contributed by atoms with Crippen LogP contribution in [-0.4, -0.2) is 31.2 Å². The zero-order chi connectivity index (χ0) is 15.4. The van der Waals surface area contributed by atoms with E-state index in [9.17, 15) is 0 Å². The second-order valence-electron chi connectivity index (χ2n) is 6.00. The molecule has 118 valence electrons. The van der Waals surface area contributed by atoms with Crippen molar-refractivity contribution in [3.63, 3.8) is 0 Å². The Morgan fingerprint density at radius 2 is 2.09 bits per heavy atom. The average Bonchev–Trinajstić information content (AvgIpc) is 2.59. The summed E-state index contributed by atoms with van der Waals surface area (Å²) >= 11 is 0. The molecular weight excluding hydrogens is 274 g/mol. The first-order chi connectivity index (χ1) is 10.8.